The first-order valence-corrected chi connectivity index (χ1v) is 13.8. The molecule has 0 atom stereocenters. The van der Waals surface area contributed by atoms with Gasteiger partial charge < -0.3 is 14.1 Å². The van der Waals surface area contributed by atoms with Crippen LogP contribution in [0.4, 0.5) is 9.93 Å². The summed E-state index contributed by atoms with van der Waals surface area (Å²) in [6.45, 7) is 6.51. The van der Waals surface area contributed by atoms with Crippen molar-refractivity contribution in [3.8, 4) is 11.5 Å². The monoisotopic (exact) mass is 524 g/mol. The molecule has 8 nitrogen and oxygen atoms in total. The lowest BCUT2D eigenvalue weighted by Gasteiger charge is -2.34. The van der Waals surface area contributed by atoms with E-state index in [4.69, 9.17) is 14.1 Å². The summed E-state index contributed by atoms with van der Waals surface area (Å²) in [5.74, 6) is 0.657. The number of furan rings is 1. The lowest BCUT2D eigenvalue weighted by molar-refractivity contribution is 0.0792. The molecule has 36 heavy (non-hydrogen) atoms. The summed E-state index contributed by atoms with van der Waals surface area (Å²) in [4.78, 5) is 36.6. The predicted molar refractivity (Wildman–Crippen MR) is 143 cm³/mol. The van der Waals surface area contributed by atoms with Crippen LogP contribution in [0.25, 0.3) is 22.4 Å². The summed E-state index contributed by atoms with van der Waals surface area (Å²) in [5.41, 5.74) is 1.54. The Kier molecular flexibility index (Phi) is 7.64. The maximum atomic E-state index is 13.4. The predicted octanol–water partition coefficient (Wildman–Crippen LogP) is 5.43. The molecule has 1 saturated heterocycles. The van der Waals surface area contributed by atoms with E-state index in [-0.39, 0.29) is 12.0 Å². The Morgan fingerprint density at radius 1 is 1.11 bits per heavy atom. The van der Waals surface area contributed by atoms with E-state index in [9.17, 15) is 9.59 Å². The molecule has 2 amide bonds. The van der Waals surface area contributed by atoms with E-state index in [0.717, 1.165) is 42.7 Å². The molecule has 3 aromatic heterocycles. The van der Waals surface area contributed by atoms with Gasteiger partial charge in [-0.05, 0) is 43.5 Å². The number of thiazole rings is 1. The van der Waals surface area contributed by atoms with Crippen LogP contribution in [0.3, 0.4) is 0 Å². The molecule has 0 saturated carbocycles. The highest BCUT2D eigenvalue weighted by molar-refractivity contribution is 7.14. The number of thiophene rings is 1. The van der Waals surface area contributed by atoms with Gasteiger partial charge in [-0.3, -0.25) is 14.6 Å². The minimum absolute atomic E-state index is 0.0392. The third kappa shape index (κ3) is 5.45. The lowest BCUT2D eigenvalue weighted by Crippen LogP contribution is -2.49. The number of rotatable bonds is 8. The summed E-state index contributed by atoms with van der Waals surface area (Å²) in [6.07, 6.45) is 0.560. The van der Waals surface area contributed by atoms with Crippen LogP contribution < -0.4 is 4.90 Å². The molecular formula is C26H28N4O4S2. The van der Waals surface area contributed by atoms with Crippen molar-refractivity contribution >= 4 is 50.8 Å². The summed E-state index contributed by atoms with van der Waals surface area (Å²) in [7, 11) is 0. The van der Waals surface area contributed by atoms with Crippen LogP contribution in [0.15, 0.2) is 57.6 Å². The minimum Gasteiger partial charge on any atom is -0.454 e. The second-order valence-corrected chi connectivity index (χ2v) is 10.3. The van der Waals surface area contributed by atoms with E-state index in [1.165, 1.54) is 22.7 Å². The number of nitrogens with zero attached hydrogens (tertiary/aromatic N) is 4. The van der Waals surface area contributed by atoms with Crippen LogP contribution >= 0.6 is 22.7 Å². The third-order valence-electron chi connectivity index (χ3n) is 6.13. The van der Waals surface area contributed by atoms with Crippen LogP contribution in [-0.2, 0) is 4.74 Å². The molecule has 1 aromatic carbocycles. The molecule has 10 heteroatoms. The number of carbonyl (C=O) groups is 2. The number of anilines is 1. The largest absolute Gasteiger partial charge is 0.454 e. The van der Waals surface area contributed by atoms with Crippen LogP contribution in [0.1, 0.15) is 23.0 Å². The number of aromatic nitrogens is 1. The molecule has 1 fully saturated rings. The highest BCUT2D eigenvalue weighted by Gasteiger charge is 2.25. The topological polar surface area (TPSA) is 79.1 Å². The molecule has 0 spiro atoms. The minimum atomic E-state index is -0.242. The van der Waals surface area contributed by atoms with Crippen molar-refractivity contribution in [1.29, 1.82) is 0 Å². The fourth-order valence-corrected chi connectivity index (χ4v) is 5.76. The Morgan fingerprint density at radius 3 is 2.69 bits per heavy atom. The Labute approximate surface area is 217 Å². The number of carbonyl (C=O) groups excluding carboxylic acids is 2. The number of para-hydroxylation sites is 1. The zero-order chi connectivity index (χ0) is 24.9. The quantitative estimate of drug-likeness (QED) is 0.306. The van der Waals surface area contributed by atoms with E-state index in [2.05, 4.69) is 4.90 Å². The molecule has 0 N–H and O–H groups in total. The van der Waals surface area contributed by atoms with Gasteiger partial charge in [-0.2, -0.15) is 0 Å². The summed E-state index contributed by atoms with van der Waals surface area (Å²) in [6, 6.07) is 13.6. The number of hydrogen-bond donors (Lipinski definition) is 0. The van der Waals surface area contributed by atoms with Crippen LogP contribution in [0, 0.1) is 0 Å². The highest BCUT2D eigenvalue weighted by atomic mass is 32.1. The smallest absolute Gasteiger partial charge is 0.409 e. The first-order valence-electron chi connectivity index (χ1n) is 12.1. The van der Waals surface area contributed by atoms with E-state index < -0.39 is 0 Å². The van der Waals surface area contributed by atoms with Gasteiger partial charge in [0.1, 0.15) is 11.3 Å². The molecule has 1 aliphatic rings. The molecule has 0 aliphatic carbocycles. The van der Waals surface area contributed by atoms with Crippen molar-refractivity contribution in [1.82, 2.24) is 14.8 Å². The molecule has 0 radical (unpaired) electrons. The molecule has 4 aromatic rings. The Bertz CT molecular complexity index is 1280. The molecule has 188 valence electrons. The fraction of sp³-hybridized carbons (Fsp3) is 0.346. The van der Waals surface area contributed by atoms with E-state index in [1.54, 1.807) is 9.80 Å². The molecule has 0 unspecified atom stereocenters. The van der Waals surface area contributed by atoms with E-state index in [0.29, 0.717) is 42.0 Å². The molecule has 1 aliphatic heterocycles. The van der Waals surface area contributed by atoms with Gasteiger partial charge in [-0.1, -0.05) is 24.3 Å². The average Bonchev–Trinajstić information content (AvgIpc) is 3.67. The maximum Gasteiger partial charge on any atom is 0.409 e. The normalized spacial score (nSPS) is 14.3. The Morgan fingerprint density at radius 2 is 1.94 bits per heavy atom. The Hall–Kier alpha value is -3.21. The standard InChI is InChI=1S/C26H28N4O4S2/c1-2-33-26(32)29-14-12-28(13-15-29)10-6-11-30(24(31)23-9-5-16-35-23)25-27-20(18-36-25)22-17-19-7-3-4-8-21(19)34-22/h3-5,7-9,16-18H,2,6,10-15H2,1H3. The number of ether oxygens (including phenoxy) is 1. The van der Waals surface area contributed by atoms with Crippen LogP contribution in [0.5, 0.6) is 0 Å². The molecular weight excluding hydrogens is 496 g/mol. The number of benzene rings is 1. The van der Waals surface area contributed by atoms with Gasteiger partial charge in [-0.15, -0.1) is 22.7 Å². The second-order valence-electron chi connectivity index (χ2n) is 8.48. The number of piperazine rings is 1. The van der Waals surface area contributed by atoms with Gasteiger partial charge in [0.2, 0.25) is 0 Å². The van der Waals surface area contributed by atoms with E-state index >= 15 is 0 Å². The fourth-order valence-electron chi connectivity index (χ4n) is 4.25. The van der Waals surface area contributed by atoms with Crippen LogP contribution in [0.2, 0.25) is 0 Å². The molecule has 4 heterocycles. The van der Waals surface area contributed by atoms with Gasteiger partial charge in [0.05, 0.1) is 11.5 Å². The highest BCUT2D eigenvalue weighted by Crippen LogP contribution is 2.32. The summed E-state index contributed by atoms with van der Waals surface area (Å²) < 4.78 is 11.1. The first kappa shape index (κ1) is 24.5. The van der Waals surface area contributed by atoms with Gasteiger partial charge >= 0.3 is 6.09 Å². The Balaban J connectivity index is 1.25. The van der Waals surface area contributed by atoms with Crippen LogP contribution in [-0.4, -0.2) is 72.7 Å². The van der Waals surface area contributed by atoms with E-state index in [1.807, 2.05) is 60.1 Å². The SMILES string of the molecule is CCOC(=O)N1CCN(CCCN(C(=O)c2cccs2)c2nc(-c3cc4ccccc4o3)cs2)CC1. The zero-order valence-electron chi connectivity index (χ0n) is 20.1. The van der Waals surface area contributed by atoms with Crippen molar-refractivity contribution in [2.24, 2.45) is 0 Å². The zero-order valence-corrected chi connectivity index (χ0v) is 21.7. The van der Waals surface area contributed by atoms with Crippen molar-refractivity contribution in [3.05, 3.63) is 58.1 Å². The molecule has 5 rings (SSSR count). The summed E-state index contributed by atoms with van der Waals surface area (Å²) in [5, 5.41) is 5.54. The number of amides is 2. The van der Waals surface area contributed by atoms with Crippen molar-refractivity contribution in [3.63, 3.8) is 0 Å². The maximum absolute atomic E-state index is 13.4. The molecule has 0 bridgehead atoms. The summed E-state index contributed by atoms with van der Waals surface area (Å²) >= 11 is 2.89. The van der Waals surface area contributed by atoms with Gasteiger partial charge in [0, 0.05) is 43.5 Å². The first-order chi connectivity index (χ1) is 17.6. The van der Waals surface area contributed by atoms with Gasteiger partial charge in [0.15, 0.2) is 10.9 Å². The lowest BCUT2D eigenvalue weighted by atomic mass is 10.2. The van der Waals surface area contributed by atoms with Crippen molar-refractivity contribution in [2.45, 2.75) is 13.3 Å². The van der Waals surface area contributed by atoms with Gasteiger partial charge in [0.25, 0.3) is 5.91 Å². The third-order valence-corrected chi connectivity index (χ3v) is 7.85. The van der Waals surface area contributed by atoms with Crippen molar-refractivity contribution in [2.75, 3.05) is 50.8 Å². The van der Waals surface area contributed by atoms with Crippen molar-refractivity contribution < 1.29 is 18.7 Å². The number of fused-ring (bicyclic) bond motifs is 1. The number of hydrogen-bond acceptors (Lipinski definition) is 8. The average molecular weight is 525 g/mol. The second kappa shape index (κ2) is 11.2. The van der Waals surface area contributed by atoms with Gasteiger partial charge in [-0.25, -0.2) is 9.78 Å².